The Bertz CT molecular complexity index is 256. The van der Waals surface area contributed by atoms with Crippen LogP contribution in [-0.4, -0.2) is 0 Å². The number of hydrogen-bond acceptors (Lipinski definition) is 0. The molecule has 0 aromatic carbocycles. The first-order valence-electron chi connectivity index (χ1n) is 6.92. The lowest BCUT2D eigenvalue weighted by Crippen LogP contribution is -2.37. The maximum atomic E-state index is 4.22. The number of allylic oxidation sites excluding steroid dienone is 2. The van der Waals surface area contributed by atoms with E-state index >= 15 is 0 Å². The first-order valence-corrected chi connectivity index (χ1v) is 6.92. The smallest absolute Gasteiger partial charge is 0.0177 e. The summed E-state index contributed by atoms with van der Waals surface area (Å²) in [5.74, 6) is 3.45. The molecule has 0 radical (unpaired) electrons. The van der Waals surface area contributed by atoms with E-state index in [1.807, 2.05) is 0 Å². The van der Waals surface area contributed by atoms with Crippen LogP contribution in [0.3, 0.4) is 0 Å². The van der Waals surface area contributed by atoms with E-state index < -0.39 is 0 Å². The van der Waals surface area contributed by atoms with Crippen molar-refractivity contribution in [2.45, 2.75) is 52.4 Å². The Labute approximate surface area is 101 Å². The van der Waals surface area contributed by atoms with Crippen LogP contribution in [-0.2, 0) is 0 Å². The average molecular weight is 218 g/mol. The molecule has 4 unspecified atom stereocenters. The van der Waals surface area contributed by atoms with Gasteiger partial charge in [0.2, 0.25) is 0 Å². The molecule has 0 saturated heterocycles. The van der Waals surface area contributed by atoms with E-state index in [4.69, 9.17) is 0 Å². The summed E-state index contributed by atoms with van der Waals surface area (Å²) >= 11 is 0. The van der Waals surface area contributed by atoms with Crippen molar-refractivity contribution in [2.24, 2.45) is 23.7 Å². The molecular weight excluding hydrogens is 192 g/mol. The molecule has 0 aromatic rings. The predicted molar refractivity (Wildman–Crippen MR) is 71.3 cm³/mol. The topological polar surface area (TPSA) is 0 Å². The largest absolute Gasteiger partial charge is 0.0999 e. The summed E-state index contributed by atoms with van der Waals surface area (Å²) < 4.78 is 0. The van der Waals surface area contributed by atoms with E-state index in [0.717, 1.165) is 23.7 Å². The summed E-state index contributed by atoms with van der Waals surface area (Å²) in [4.78, 5) is 0. The van der Waals surface area contributed by atoms with E-state index in [2.05, 4.69) is 27.0 Å². The third-order valence-electron chi connectivity index (χ3n) is 4.95. The fourth-order valence-corrected chi connectivity index (χ4v) is 4.23. The highest BCUT2D eigenvalue weighted by molar-refractivity contribution is 5.09. The molecular formula is C16H26. The number of hydrogen-bond donors (Lipinski definition) is 0. The Morgan fingerprint density at radius 2 is 1.12 bits per heavy atom. The minimum atomic E-state index is 0.806. The maximum Gasteiger partial charge on any atom is -0.0177 e. The lowest BCUT2D eigenvalue weighted by molar-refractivity contribution is 0.0853. The van der Waals surface area contributed by atoms with Crippen molar-refractivity contribution >= 4 is 0 Å². The van der Waals surface area contributed by atoms with Gasteiger partial charge < -0.3 is 0 Å². The number of rotatable bonds is 2. The molecule has 0 bridgehead atoms. The third-order valence-corrected chi connectivity index (χ3v) is 4.95. The molecule has 2 fully saturated rings. The molecule has 0 aromatic heterocycles. The van der Waals surface area contributed by atoms with E-state index in [-0.39, 0.29) is 0 Å². The predicted octanol–water partition coefficient (Wildman–Crippen LogP) is 4.97. The van der Waals surface area contributed by atoms with Gasteiger partial charge in [-0.25, -0.2) is 0 Å². The highest BCUT2D eigenvalue weighted by Crippen LogP contribution is 2.50. The Morgan fingerprint density at radius 1 is 0.750 bits per heavy atom. The minimum Gasteiger partial charge on any atom is -0.0999 e. The second-order valence-corrected chi connectivity index (χ2v) is 6.10. The van der Waals surface area contributed by atoms with Gasteiger partial charge in [-0.15, -0.1) is 0 Å². The van der Waals surface area contributed by atoms with Gasteiger partial charge >= 0.3 is 0 Å². The Kier molecular flexibility index (Phi) is 3.56. The van der Waals surface area contributed by atoms with Crippen LogP contribution in [0.15, 0.2) is 24.3 Å². The quantitative estimate of drug-likeness (QED) is 0.574. The molecule has 2 rings (SSSR count). The first-order chi connectivity index (χ1) is 7.61. The molecule has 2 aliphatic rings. The van der Waals surface area contributed by atoms with E-state index in [1.54, 1.807) is 0 Å². The maximum absolute atomic E-state index is 4.22. The van der Waals surface area contributed by atoms with Crippen molar-refractivity contribution in [3.8, 4) is 0 Å². The minimum absolute atomic E-state index is 0.806. The van der Waals surface area contributed by atoms with Crippen molar-refractivity contribution in [2.75, 3.05) is 0 Å². The molecule has 2 aliphatic carbocycles. The van der Waals surface area contributed by atoms with E-state index in [9.17, 15) is 0 Å². The van der Waals surface area contributed by atoms with Gasteiger partial charge in [0, 0.05) is 0 Å². The van der Waals surface area contributed by atoms with Crippen molar-refractivity contribution < 1.29 is 0 Å². The molecule has 0 heterocycles. The Balaban J connectivity index is 2.17. The highest BCUT2D eigenvalue weighted by Gasteiger charge is 2.40. The second kappa shape index (κ2) is 4.77. The van der Waals surface area contributed by atoms with Crippen LogP contribution in [0.2, 0.25) is 0 Å². The summed E-state index contributed by atoms with van der Waals surface area (Å²) in [7, 11) is 0. The molecule has 16 heavy (non-hydrogen) atoms. The van der Waals surface area contributed by atoms with Crippen molar-refractivity contribution in [1.82, 2.24) is 0 Å². The monoisotopic (exact) mass is 218 g/mol. The van der Waals surface area contributed by atoms with Crippen molar-refractivity contribution in [1.29, 1.82) is 0 Å². The zero-order valence-corrected chi connectivity index (χ0v) is 11.0. The van der Waals surface area contributed by atoms with Gasteiger partial charge in [0.15, 0.2) is 0 Å². The molecule has 90 valence electrons. The molecule has 0 heteroatoms. The van der Waals surface area contributed by atoms with Crippen LogP contribution in [0.25, 0.3) is 0 Å². The molecule has 0 N–H and O–H groups in total. The van der Waals surface area contributed by atoms with Crippen LogP contribution < -0.4 is 0 Å². The van der Waals surface area contributed by atoms with Crippen LogP contribution in [0.4, 0.5) is 0 Å². The number of fused-ring (bicyclic) bond motifs is 1. The van der Waals surface area contributed by atoms with Crippen LogP contribution in [0.1, 0.15) is 52.4 Å². The van der Waals surface area contributed by atoms with Crippen LogP contribution in [0.5, 0.6) is 0 Å². The van der Waals surface area contributed by atoms with Gasteiger partial charge in [-0.05, 0) is 63.2 Å². The average Bonchev–Trinajstić information content (AvgIpc) is 2.27. The van der Waals surface area contributed by atoms with Crippen LogP contribution in [0, 0.1) is 23.7 Å². The van der Waals surface area contributed by atoms with Gasteiger partial charge in [-0.1, -0.05) is 37.1 Å². The normalized spacial score (nSPS) is 38.9. The fraction of sp³-hybridized carbons (Fsp3) is 0.750. The molecule has 0 spiro atoms. The molecule has 0 nitrogen and oxygen atoms in total. The van der Waals surface area contributed by atoms with Gasteiger partial charge in [-0.3, -0.25) is 0 Å². The van der Waals surface area contributed by atoms with Crippen LogP contribution >= 0.6 is 0 Å². The van der Waals surface area contributed by atoms with Gasteiger partial charge in [0.25, 0.3) is 0 Å². The van der Waals surface area contributed by atoms with Crippen molar-refractivity contribution in [3.05, 3.63) is 24.3 Å². The standard InChI is InChI=1S/C16H26/c1-11(2)13-7-5-10-16-14(12(3)4)8-6-9-15(13)16/h13-16H,1,3,5-10H2,2,4H3. The zero-order valence-electron chi connectivity index (χ0n) is 11.0. The van der Waals surface area contributed by atoms with Crippen molar-refractivity contribution in [3.63, 3.8) is 0 Å². The van der Waals surface area contributed by atoms with Gasteiger partial charge in [0.05, 0.1) is 0 Å². The fourth-order valence-electron chi connectivity index (χ4n) is 4.23. The summed E-state index contributed by atoms with van der Waals surface area (Å²) in [6, 6.07) is 0. The lowest BCUT2D eigenvalue weighted by atomic mass is 9.59. The Morgan fingerprint density at radius 3 is 1.44 bits per heavy atom. The second-order valence-electron chi connectivity index (χ2n) is 6.10. The van der Waals surface area contributed by atoms with Gasteiger partial charge in [-0.2, -0.15) is 0 Å². The van der Waals surface area contributed by atoms with E-state index in [1.165, 1.54) is 49.7 Å². The van der Waals surface area contributed by atoms with E-state index in [0.29, 0.717) is 0 Å². The SMILES string of the molecule is C=C(C)C1CCCC2C(C(=C)C)CCCC12. The molecule has 4 atom stereocenters. The molecule has 0 aliphatic heterocycles. The molecule has 2 saturated carbocycles. The first kappa shape index (κ1) is 12.0. The zero-order chi connectivity index (χ0) is 11.7. The summed E-state index contributed by atoms with van der Waals surface area (Å²) in [5.41, 5.74) is 2.86. The summed E-state index contributed by atoms with van der Waals surface area (Å²) in [6.45, 7) is 12.9. The third kappa shape index (κ3) is 2.12. The summed E-state index contributed by atoms with van der Waals surface area (Å²) in [5, 5.41) is 0. The van der Waals surface area contributed by atoms with Gasteiger partial charge in [0.1, 0.15) is 0 Å². The highest BCUT2D eigenvalue weighted by atomic mass is 14.4. The lowest BCUT2D eigenvalue weighted by Gasteiger charge is -2.46. The Hall–Kier alpha value is -0.520. The summed E-state index contributed by atoms with van der Waals surface area (Å²) in [6.07, 6.45) is 8.46. The molecule has 0 amide bonds.